The lowest BCUT2D eigenvalue weighted by Crippen LogP contribution is -2.29. The molecule has 0 unspecified atom stereocenters. The van der Waals surface area contributed by atoms with Gasteiger partial charge >= 0.3 is 5.97 Å². The van der Waals surface area contributed by atoms with Gasteiger partial charge in [0.15, 0.2) is 16.6 Å². The molecule has 2 rings (SSSR count). The third-order valence-corrected chi connectivity index (χ3v) is 4.30. The van der Waals surface area contributed by atoms with Crippen molar-refractivity contribution in [2.24, 2.45) is 5.92 Å². The Morgan fingerprint density at radius 1 is 1.45 bits per heavy atom. The van der Waals surface area contributed by atoms with Crippen LogP contribution in [0.25, 0.3) is 0 Å². The van der Waals surface area contributed by atoms with Gasteiger partial charge in [0.1, 0.15) is 4.88 Å². The lowest BCUT2D eigenvalue weighted by atomic mass is 10.2. The molecular weight excluding hydrogens is 276 g/mol. The van der Waals surface area contributed by atoms with E-state index in [1.807, 2.05) is 0 Å². The zero-order valence-corrected chi connectivity index (χ0v) is 13.1. The Labute approximate surface area is 122 Å². The number of Topliss-reactive ketones (excluding diaryl/α,β-unsaturated/α-hetero) is 1. The maximum atomic E-state index is 11.7. The number of esters is 1. The summed E-state index contributed by atoms with van der Waals surface area (Å²) in [6, 6.07) is 0.494. The molecule has 0 aliphatic heterocycles. The molecule has 5 nitrogen and oxygen atoms in total. The predicted molar refractivity (Wildman–Crippen MR) is 78.7 cm³/mol. The van der Waals surface area contributed by atoms with Gasteiger partial charge in [0.2, 0.25) is 0 Å². The summed E-state index contributed by atoms with van der Waals surface area (Å²) in [5.74, 6) is -0.186. The summed E-state index contributed by atoms with van der Waals surface area (Å²) in [6.07, 6.45) is 2.30. The number of hydrogen-bond donors (Lipinski definition) is 0. The Morgan fingerprint density at radius 2 is 2.10 bits per heavy atom. The van der Waals surface area contributed by atoms with Gasteiger partial charge in [-0.15, -0.1) is 0 Å². The number of methoxy groups -OCH3 is 1. The van der Waals surface area contributed by atoms with Gasteiger partial charge in [0.05, 0.1) is 7.11 Å². The molecular formula is C14H20N2O3S. The average molecular weight is 296 g/mol. The van der Waals surface area contributed by atoms with Crippen molar-refractivity contribution in [1.29, 1.82) is 0 Å². The molecule has 20 heavy (non-hydrogen) atoms. The summed E-state index contributed by atoms with van der Waals surface area (Å²) in [5.41, 5.74) is 0.148. The topological polar surface area (TPSA) is 59.5 Å². The van der Waals surface area contributed by atoms with E-state index < -0.39 is 5.97 Å². The molecule has 0 atom stereocenters. The van der Waals surface area contributed by atoms with Crippen LogP contribution in [0.5, 0.6) is 0 Å². The largest absolute Gasteiger partial charge is 0.464 e. The van der Waals surface area contributed by atoms with Crippen LogP contribution in [0.15, 0.2) is 0 Å². The van der Waals surface area contributed by atoms with Crippen molar-refractivity contribution in [2.45, 2.75) is 39.7 Å². The number of thiazole rings is 1. The fraction of sp³-hybridized carbons (Fsp3) is 0.643. The Bertz CT molecular complexity index is 520. The van der Waals surface area contributed by atoms with Gasteiger partial charge in [-0.25, -0.2) is 9.78 Å². The highest BCUT2D eigenvalue weighted by atomic mass is 32.1. The maximum Gasteiger partial charge on any atom is 0.358 e. The van der Waals surface area contributed by atoms with Crippen molar-refractivity contribution >= 4 is 28.2 Å². The van der Waals surface area contributed by atoms with E-state index in [1.54, 1.807) is 0 Å². The van der Waals surface area contributed by atoms with Crippen LogP contribution in [0, 0.1) is 5.92 Å². The first kappa shape index (κ1) is 15.0. The summed E-state index contributed by atoms with van der Waals surface area (Å²) in [6.45, 7) is 6.63. The van der Waals surface area contributed by atoms with Crippen LogP contribution in [0.4, 0.5) is 5.13 Å². The summed E-state index contributed by atoms with van der Waals surface area (Å²) in [5, 5.41) is 0.756. The predicted octanol–water partition coefficient (Wildman–Crippen LogP) is 2.76. The number of anilines is 1. The lowest BCUT2D eigenvalue weighted by Gasteiger charge is -2.23. The molecule has 0 N–H and O–H groups in total. The van der Waals surface area contributed by atoms with Crippen LogP contribution >= 0.6 is 11.3 Å². The third-order valence-electron chi connectivity index (χ3n) is 3.11. The van der Waals surface area contributed by atoms with Gasteiger partial charge in [-0.1, -0.05) is 25.2 Å². The first-order valence-corrected chi connectivity index (χ1v) is 7.62. The molecule has 110 valence electrons. The van der Waals surface area contributed by atoms with Gasteiger partial charge in [-0.05, 0) is 18.8 Å². The van der Waals surface area contributed by atoms with Crippen LogP contribution in [-0.4, -0.2) is 36.4 Å². The van der Waals surface area contributed by atoms with Crippen LogP contribution in [0.2, 0.25) is 0 Å². The van der Waals surface area contributed by atoms with E-state index in [0.717, 1.165) is 24.5 Å². The molecule has 6 heteroatoms. The normalized spacial score (nSPS) is 14.4. The molecule has 1 aromatic heterocycles. The second kappa shape index (κ2) is 5.91. The Balaban J connectivity index is 2.35. The Kier molecular flexibility index (Phi) is 4.42. The molecule has 1 saturated carbocycles. The van der Waals surface area contributed by atoms with E-state index in [0.29, 0.717) is 16.8 Å². The molecule has 0 bridgehead atoms. The standard InChI is InChI=1S/C14H20N2O3S/c1-8(2)7-16(10-5-6-10)14-15-11(13(18)19-4)12(20-14)9(3)17/h8,10H,5-7H2,1-4H3. The molecule has 0 aromatic carbocycles. The zero-order valence-electron chi connectivity index (χ0n) is 12.3. The van der Waals surface area contributed by atoms with Crippen molar-refractivity contribution in [2.75, 3.05) is 18.6 Å². The summed E-state index contributed by atoms with van der Waals surface area (Å²) < 4.78 is 4.71. The van der Waals surface area contributed by atoms with Crippen LogP contribution in [0.1, 0.15) is 53.8 Å². The summed E-state index contributed by atoms with van der Waals surface area (Å²) >= 11 is 1.29. The highest BCUT2D eigenvalue weighted by molar-refractivity contribution is 7.17. The van der Waals surface area contributed by atoms with E-state index in [9.17, 15) is 9.59 Å². The van der Waals surface area contributed by atoms with E-state index >= 15 is 0 Å². The van der Waals surface area contributed by atoms with E-state index in [4.69, 9.17) is 4.74 Å². The number of hydrogen-bond acceptors (Lipinski definition) is 6. The van der Waals surface area contributed by atoms with Gasteiger partial charge in [0, 0.05) is 19.5 Å². The minimum absolute atomic E-state index is 0.144. The molecule has 1 aliphatic carbocycles. The van der Waals surface area contributed by atoms with Crippen molar-refractivity contribution < 1.29 is 14.3 Å². The Morgan fingerprint density at radius 3 is 2.55 bits per heavy atom. The molecule has 1 fully saturated rings. The second-order valence-corrected chi connectivity index (χ2v) is 6.48. The minimum atomic E-state index is -0.544. The monoisotopic (exact) mass is 296 g/mol. The van der Waals surface area contributed by atoms with Gasteiger partial charge in [-0.3, -0.25) is 4.79 Å². The van der Waals surface area contributed by atoms with E-state index in [-0.39, 0.29) is 11.5 Å². The number of carbonyl (C=O) groups is 2. The molecule has 1 heterocycles. The number of ether oxygens (including phenoxy) is 1. The van der Waals surface area contributed by atoms with Crippen LogP contribution < -0.4 is 4.90 Å². The molecule has 0 spiro atoms. The molecule has 0 radical (unpaired) electrons. The van der Waals surface area contributed by atoms with Gasteiger partial charge in [0.25, 0.3) is 0 Å². The zero-order chi connectivity index (χ0) is 14.9. The summed E-state index contributed by atoms with van der Waals surface area (Å²) in [7, 11) is 1.30. The van der Waals surface area contributed by atoms with Crippen molar-refractivity contribution in [1.82, 2.24) is 4.98 Å². The van der Waals surface area contributed by atoms with Crippen LogP contribution in [0.3, 0.4) is 0 Å². The highest BCUT2D eigenvalue weighted by Crippen LogP contribution is 2.36. The summed E-state index contributed by atoms with van der Waals surface area (Å²) in [4.78, 5) is 30.4. The fourth-order valence-electron chi connectivity index (χ4n) is 2.07. The second-order valence-electron chi connectivity index (χ2n) is 5.50. The number of nitrogens with zero attached hydrogens (tertiary/aromatic N) is 2. The van der Waals surface area contributed by atoms with Crippen molar-refractivity contribution in [3.8, 4) is 0 Å². The number of aromatic nitrogens is 1. The highest BCUT2D eigenvalue weighted by Gasteiger charge is 2.33. The first-order chi connectivity index (χ1) is 9.43. The third kappa shape index (κ3) is 3.17. The van der Waals surface area contributed by atoms with Gasteiger partial charge in [-0.2, -0.15) is 0 Å². The quantitative estimate of drug-likeness (QED) is 0.597. The number of rotatable bonds is 6. The SMILES string of the molecule is COC(=O)c1nc(N(CC(C)C)C2CC2)sc1C(C)=O. The number of ketones is 1. The lowest BCUT2D eigenvalue weighted by molar-refractivity contribution is 0.0591. The first-order valence-electron chi connectivity index (χ1n) is 6.80. The minimum Gasteiger partial charge on any atom is -0.464 e. The van der Waals surface area contributed by atoms with Crippen molar-refractivity contribution in [3.63, 3.8) is 0 Å². The molecule has 1 aliphatic rings. The smallest absolute Gasteiger partial charge is 0.358 e. The molecule has 0 amide bonds. The van der Waals surface area contributed by atoms with Crippen LogP contribution in [-0.2, 0) is 4.74 Å². The fourth-order valence-corrected chi connectivity index (χ4v) is 3.10. The maximum absolute atomic E-state index is 11.7. The average Bonchev–Trinajstić information content (AvgIpc) is 3.12. The van der Waals surface area contributed by atoms with E-state index in [1.165, 1.54) is 25.4 Å². The van der Waals surface area contributed by atoms with E-state index in [2.05, 4.69) is 23.7 Å². The van der Waals surface area contributed by atoms with Gasteiger partial charge < -0.3 is 9.64 Å². The van der Waals surface area contributed by atoms with Crippen molar-refractivity contribution in [3.05, 3.63) is 10.6 Å². The molecule has 1 aromatic rings. The Hall–Kier alpha value is -1.43. The molecule has 0 saturated heterocycles. The number of carbonyl (C=O) groups excluding carboxylic acids is 2.